The number of Topliss-reactive ketones (excluding diaryl/α,β-unsaturated/α-hetero) is 1. The summed E-state index contributed by atoms with van der Waals surface area (Å²) in [5, 5.41) is 0. The van der Waals surface area contributed by atoms with Gasteiger partial charge in [-0.2, -0.15) is 0 Å². The van der Waals surface area contributed by atoms with Crippen molar-refractivity contribution in [3.8, 4) is 5.75 Å². The Labute approximate surface area is 123 Å². The standard InChI is InChI=1S/C15H18N2O4/c1-20-13-5-3-4-12(8-13)14(18)9-16-6-7-17(11-16)10-15(19)21-2/h3-8H,9-11H2,1-2H3. The van der Waals surface area contributed by atoms with Crippen LogP contribution in [0.2, 0.25) is 0 Å². The van der Waals surface area contributed by atoms with Crippen LogP contribution in [0.25, 0.3) is 0 Å². The molecule has 0 radical (unpaired) electrons. The van der Waals surface area contributed by atoms with E-state index in [9.17, 15) is 9.59 Å². The fraction of sp³-hybridized carbons (Fsp3) is 0.333. The first-order valence-electron chi connectivity index (χ1n) is 6.53. The molecule has 1 aliphatic heterocycles. The zero-order chi connectivity index (χ0) is 15.2. The van der Waals surface area contributed by atoms with Crippen molar-refractivity contribution in [1.29, 1.82) is 0 Å². The molecule has 1 heterocycles. The van der Waals surface area contributed by atoms with Crippen molar-refractivity contribution in [2.24, 2.45) is 0 Å². The molecule has 0 bridgehead atoms. The van der Waals surface area contributed by atoms with Gasteiger partial charge in [-0.25, -0.2) is 0 Å². The molecule has 0 unspecified atom stereocenters. The normalized spacial score (nSPS) is 13.4. The number of hydrogen-bond acceptors (Lipinski definition) is 6. The minimum atomic E-state index is -0.305. The summed E-state index contributed by atoms with van der Waals surface area (Å²) in [4.78, 5) is 27.0. The summed E-state index contributed by atoms with van der Waals surface area (Å²) in [5.74, 6) is 0.351. The molecule has 0 fully saturated rings. The maximum absolute atomic E-state index is 12.2. The van der Waals surface area contributed by atoms with Gasteiger partial charge >= 0.3 is 5.97 Å². The summed E-state index contributed by atoms with van der Waals surface area (Å²) >= 11 is 0. The van der Waals surface area contributed by atoms with Gasteiger partial charge in [-0.1, -0.05) is 12.1 Å². The highest BCUT2D eigenvalue weighted by Crippen LogP contribution is 2.14. The van der Waals surface area contributed by atoms with Gasteiger partial charge in [0.05, 0.1) is 27.4 Å². The van der Waals surface area contributed by atoms with Gasteiger partial charge in [-0.05, 0) is 12.1 Å². The molecule has 2 rings (SSSR count). The van der Waals surface area contributed by atoms with E-state index in [1.807, 2.05) is 4.90 Å². The van der Waals surface area contributed by atoms with Gasteiger partial charge in [0, 0.05) is 18.0 Å². The average molecular weight is 290 g/mol. The molecule has 0 saturated heterocycles. The summed E-state index contributed by atoms with van der Waals surface area (Å²) < 4.78 is 9.72. The largest absolute Gasteiger partial charge is 0.497 e. The minimum absolute atomic E-state index is 0.00142. The van der Waals surface area contributed by atoms with E-state index in [0.717, 1.165) is 0 Å². The van der Waals surface area contributed by atoms with E-state index >= 15 is 0 Å². The van der Waals surface area contributed by atoms with Crippen LogP contribution in [-0.2, 0) is 9.53 Å². The molecule has 1 aliphatic rings. The third-order valence-corrected chi connectivity index (χ3v) is 3.15. The van der Waals surface area contributed by atoms with Crippen molar-refractivity contribution >= 4 is 11.8 Å². The molecule has 0 aromatic heterocycles. The van der Waals surface area contributed by atoms with E-state index in [-0.39, 0.29) is 24.8 Å². The number of methoxy groups -OCH3 is 2. The molecular weight excluding hydrogens is 272 g/mol. The van der Waals surface area contributed by atoms with Crippen molar-refractivity contribution in [1.82, 2.24) is 9.80 Å². The number of hydrogen-bond donors (Lipinski definition) is 0. The topological polar surface area (TPSA) is 59.1 Å². The Hall–Kier alpha value is -2.50. The van der Waals surface area contributed by atoms with Crippen LogP contribution in [0.1, 0.15) is 10.4 Å². The molecule has 112 valence electrons. The van der Waals surface area contributed by atoms with E-state index in [0.29, 0.717) is 18.0 Å². The first-order chi connectivity index (χ1) is 10.1. The third-order valence-electron chi connectivity index (χ3n) is 3.15. The molecule has 1 aromatic rings. The average Bonchev–Trinajstić information content (AvgIpc) is 2.94. The van der Waals surface area contributed by atoms with Gasteiger partial charge in [0.15, 0.2) is 5.78 Å². The predicted molar refractivity (Wildman–Crippen MR) is 76.8 cm³/mol. The fourth-order valence-electron chi connectivity index (χ4n) is 2.02. The van der Waals surface area contributed by atoms with Gasteiger partial charge in [0.2, 0.25) is 0 Å². The van der Waals surface area contributed by atoms with Crippen molar-refractivity contribution in [2.45, 2.75) is 0 Å². The van der Waals surface area contributed by atoms with E-state index in [2.05, 4.69) is 4.74 Å². The zero-order valence-corrected chi connectivity index (χ0v) is 12.1. The summed E-state index contributed by atoms with van der Waals surface area (Å²) in [6, 6.07) is 7.06. The Balaban J connectivity index is 1.89. The molecule has 1 aromatic carbocycles. The number of benzene rings is 1. The van der Waals surface area contributed by atoms with Crippen LogP contribution in [0.5, 0.6) is 5.75 Å². The van der Waals surface area contributed by atoms with Crippen LogP contribution in [0.15, 0.2) is 36.7 Å². The lowest BCUT2D eigenvalue weighted by Crippen LogP contribution is -2.32. The first-order valence-corrected chi connectivity index (χ1v) is 6.53. The van der Waals surface area contributed by atoms with Crippen LogP contribution in [0.3, 0.4) is 0 Å². The first kappa shape index (κ1) is 14.9. The second-order valence-electron chi connectivity index (χ2n) is 4.66. The summed E-state index contributed by atoms with van der Waals surface area (Å²) in [6.45, 7) is 0.920. The molecule has 0 N–H and O–H groups in total. The lowest BCUT2D eigenvalue weighted by atomic mass is 10.1. The van der Waals surface area contributed by atoms with Crippen LogP contribution in [0.4, 0.5) is 0 Å². The Morgan fingerprint density at radius 1 is 1.14 bits per heavy atom. The number of carbonyl (C=O) groups is 2. The van der Waals surface area contributed by atoms with Crippen LogP contribution in [0, 0.1) is 0 Å². The van der Waals surface area contributed by atoms with E-state index in [1.165, 1.54) is 7.11 Å². The lowest BCUT2D eigenvalue weighted by Gasteiger charge is -2.19. The van der Waals surface area contributed by atoms with Crippen LogP contribution >= 0.6 is 0 Å². The van der Waals surface area contributed by atoms with E-state index in [1.54, 1.807) is 48.7 Å². The maximum Gasteiger partial charge on any atom is 0.325 e. The van der Waals surface area contributed by atoms with Crippen LogP contribution < -0.4 is 4.74 Å². The van der Waals surface area contributed by atoms with Gasteiger partial charge in [0.25, 0.3) is 0 Å². The summed E-state index contributed by atoms with van der Waals surface area (Å²) in [7, 11) is 2.92. The van der Waals surface area contributed by atoms with Crippen molar-refractivity contribution < 1.29 is 19.1 Å². The molecule has 0 atom stereocenters. The smallest absolute Gasteiger partial charge is 0.325 e. The third kappa shape index (κ3) is 3.98. The van der Waals surface area contributed by atoms with Gasteiger partial charge in [0.1, 0.15) is 12.3 Å². The molecule has 6 nitrogen and oxygen atoms in total. The summed E-state index contributed by atoms with van der Waals surface area (Å²) in [5.41, 5.74) is 0.606. The number of ketones is 1. The van der Waals surface area contributed by atoms with E-state index < -0.39 is 0 Å². The van der Waals surface area contributed by atoms with Gasteiger partial charge in [-0.15, -0.1) is 0 Å². The summed E-state index contributed by atoms with van der Waals surface area (Å²) in [6.07, 6.45) is 3.57. The molecule has 6 heteroatoms. The zero-order valence-electron chi connectivity index (χ0n) is 12.1. The minimum Gasteiger partial charge on any atom is -0.497 e. The van der Waals surface area contributed by atoms with Gasteiger partial charge in [-0.3, -0.25) is 9.59 Å². The van der Waals surface area contributed by atoms with Crippen LogP contribution in [-0.4, -0.2) is 55.5 Å². The fourth-order valence-corrected chi connectivity index (χ4v) is 2.02. The van der Waals surface area contributed by atoms with E-state index in [4.69, 9.17) is 4.74 Å². The molecule has 0 aliphatic carbocycles. The van der Waals surface area contributed by atoms with Crippen molar-refractivity contribution in [3.63, 3.8) is 0 Å². The molecule has 21 heavy (non-hydrogen) atoms. The van der Waals surface area contributed by atoms with Crippen molar-refractivity contribution in [3.05, 3.63) is 42.2 Å². The highest BCUT2D eigenvalue weighted by molar-refractivity contribution is 5.98. The number of ether oxygens (including phenoxy) is 2. The maximum atomic E-state index is 12.2. The second-order valence-corrected chi connectivity index (χ2v) is 4.66. The number of nitrogens with zero attached hydrogens (tertiary/aromatic N) is 2. The Bertz CT molecular complexity index is 556. The van der Waals surface area contributed by atoms with Crippen molar-refractivity contribution in [2.75, 3.05) is 34.0 Å². The lowest BCUT2D eigenvalue weighted by molar-refractivity contribution is -0.141. The molecular formula is C15H18N2O4. The highest BCUT2D eigenvalue weighted by Gasteiger charge is 2.18. The SMILES string of the molecule is COC(=O)CN1C=CN(CC(=O)c2cccc(OC)c2)C1. The molecule has 0 saturated carbocycles. The monoisotopic (exact) mass is 290 g/mol. The molecule has 0 spiro atoms. The Morgan fingerprint density at radius 3 is 2.52 bits per heavy atom. The van der Waals surface area contributed by atoms with Gasteiger partial charge < -0.3 is 19.3 Å². The Morgan fingerprint density at radius 2 is 1.86 bits per heavy atom. The number of esters is 1. The highest BCUT2D eigenvalue weighted by atomic mass is 16.5. The second kappa shape index (κ2) is 6.78. The quantitative estimate of drug-likeness (QED) is 0.577. The number of carbonyl (C=O) groups excluding carboxylic acids is 2. The predicted octanol–water partition coefficient (Wildman–Crippen LogP) is 1.10. The Kier molecular flexibility index (Phi) is 4.81. The number of rotatable bonds is 6. The molecule has 0 amide bonds.